The van der Waals surface area contributed by atoms with Gasteiger partial charge >= 0.3 is 5.97 Å². The van der Waals surface area contributed by atoms with Crippen LogP contribution in [0.25, 0.3) is 0 Å². The summed E-state index contributed by atoms with van der Waals surface area (Å²) < 4.78 is 16.7. The van der Waals surface area contributed by atoms with E-state index in [2.05, 4.69) is 11.9 Å². The fourth-order valence-electron chi connectivity index (χ4n) is 6.47. The lowest BCUT2D eigenvalue weighted by Crippen LogP contribution is -2.44. The second kappa shape index (κ2) is 13.4. The molecule has 2 amide bonds. The maximum atomic E-state index is 13.9. The second-order valence-electron chi connectivity index (χ2n) is 11.2. The molecule has 3 aliphatic rings. The minimum absolute atomic E-state index is 0.0720. The van der Waals surface area contributed by atoms with Crippen LogP contribution in [0, 0.1) is 5.92 Å². The van der Waals surface area contributed by atoms with E-state index in [4.69, 9.17) is 14.2 Å². The lowest BCUT2D eigenvalue weighted by atomic mass is 9.83. The number of hydrogen-bond donors (Lipinski definition) is 1. The number of nitrogens with zero attached hydrogens (tertiary/aromatic N) is 4. The molecule has 0 bridgehead atoms. The summed E-state index contributed by atoms with van der Waals surface area (Å²) >= 11 is 0. The van der Waals surface area contributed by atoms with Crippen molar-refractivity contribution in [2.75, 3.05) is 51.5 Å². The Balaban J connectivity index is 1.43. The van der Waals surface area contributed by atoms with Crippen molar-refractivity contribution in [2.45, 2.75) is 57.4 Å². The highest BCUT2D eigenvalue weighted by molar-refractivity contribution is 5.94. The lowest BCUT2D eigenvalue weighted by molar-refractivity contribution is -0.143. The van der Waals surface area contributed by atoms with Gasteiger partial charge in [0, 0.05) is 50.8 Å². The van der Waals surface area contributed by atoms with E-state index in [-0.39, 0.29) is 25.2 Å². The van der Waals surface area contributed by atoms with Gasteiger partial charge in [0.05, 0.1) is 31.5 Å². The quantitative estimate of drug-likeness (QED) is 0.379. The van der Waals surface area contributed by atoms with Crippen molar-refractivity contribution >= 4 is 23.5 Å². The van der Waals surface area contributed by atoms with E-state index in [1.807, 2.05) is 34.1 Å². The number of unbranched alkanes of at least 4 members (excludes halogenated alkanes) is 1. The molecule has 2 fully saturated rings. The molecule has 11 nitrogen and oxygen atoms in total. The third-order valence-electron chi connectivity index (χ3n) is 8.57. The van der Waals surface area contributed by atoms with Crippen molar-refractivity contribution in [3.8, 4) is 17.2 Å². The first-order valence-corrected chi connectivity index (χ1v) is 14.8. The highest BCUT2D eigenvalue weighted by Gasteiger charge is 2.47. The standard InChI is InChI=1S/C31H40N4O7/c1-3-4-14-35(22-8-5-11-32-17-22)28(37)19-34-18-23(21-15-25(40-2)30-26(16-21)41-20-42-30)29(31(38)39)24(34)9-6-12-33-13-7-10-27(33)36/h5,8,11,15-17,23-24,29H,3-4,6-7,9-10,12-14,18-20H2,1-2H3,(H,38,39)/t23-,24+,29-/m1/s1. The Hall–Kier alpha value is -3.86. The number of carbonyl (C=O) groups is 3. The minimum atomic E-state index is -0.913. The summed E-state index contributed by atoms with van der Waals surface area (Å²) in [6.07, 6.45) is 7.76. The number of hydrogen-bond acceptors (Lipinski definition) is 8. The van der Waals surface area contributed by atoms with Gasteiger partial charge in [0.2, 0.25) is 24.4 Å². The Bertz CT molecular complexity index is 1270. The molecular formula is C31H40N4O7. The number of anilines is 1. The van der Waals surface area contributed by atoms with Gasteiger partial charge in [-0.25, -0.2) is 0 Å². The molecule has 1 aromatic heterocycles. The number of amides is 2. The van der Waals surface area contributed by atoms with Crippen LogP contribution in [-0.2, 0) is 14.4 Å². The number of carboxylic acids is 1. The zero-order chi connectivity index (χ0) is 29.6. The van der Waals surface area contributed by atoms with Gasteiger partial charge in [-0.2, -0.15) is 0 Å². The van der Waals surface area contributed by atoms with Crippen LogP contribution in [0.3, 0.4) is 0 Å². The van der Waals surface area contributed by atoms with Crippen molar-refractivity contribution in [1.29, 1.82) is 0 Å². The number of rotatable bonds is 13. The smallest absolute Gasteiger partial charge is 0.308 e. The van der Waals surface area contributed by atoms with Crippen LogP contribution in [0.2, 0.25) is 0 Å². The highest BCUT2D eigenvalue weighted by Crippen LogP contribution is 2.47. The summed E-state index contributed by atoms with van der Waals surface area (Å²) in [7, 11) is 1.54. The molecule has 226 valence electrons. The number of carbonyl (C=O) groups excluding carboxylic acids is 2. The Morgan fingerprint density at radius 3 is 2.79 bits per heavy atom. The van der Waals surface area contributed by atoms with Crippen molar-refractivity contribution in [2.24, 2.45) is 5.92 Å². The number of aromatic nitrogens is 1. The molecule has 3 aliphatic heterocycles. The van der Waals surface area contributed by atoms with Crippen molar-refractivity contribution in [3.05, 3.63) is 42.2 Å². The predicted octanol–water partition coefficient (Wildman–Crippen LogP) is 3.52. The number of ether oxygens (including phenoxy) is 3. The Morgan fingerprint density at radius 2 is 2.10 bits per heavy atom. The number of pyridine rings is 1. The maximum absolute atomic E-state index is 13.9. The van der Waals surface area contributed by atoms with Crippen molar-refractivity contribution in [3.63, 3.8) is 0 Å². The molecule has 5 rings (SSSR count). The normalized spacial score (nSPS) is 21.6. The topological polar surface area (TPSA) is 122 Å². The third-order valence-corrected chi connectivity index (χ3v) is 8.57. The van der Waals surface area contributed by atoms with Crippen LogP contribution in [0.4, 0.5) is 5.69 Å². The van der Waals surface area contributed by atoms with E-state index >= 15 is 0 Å². The zero-order valence-corrected chi connectivity index (χ0v) is 24.4. The average molecular weight is 581 g/mol. The minimum Gasteiger partial charge on any atom is -0.493 e. The lowest BCUT2D eigenvalue weighted by Gasteiger charge is -2.30. The molecule has 0 aliphatic carbocycles. The molecule has 2 saturated heterocycles. The van der Waals surface area contributed by atoms with Crippen molar-refractivity contribution in [1.82, 2.24) is 14.8 Å². The fourth-order valence-corrected chi connectivity index (χ4v) is 6.47. The van der Waals surface area contributed by atoms with Gasteiger partial charge < -0.3 is 29.1 Å². The predicted molar refractivity (Wildman–Crippen MR) is 155 cm³/mol. The van der Waals surface area contributed by atoms with E-state index in [0.717, 1.165) is 37.1 Å². The van der Waals surface area contributed by atoms with Crippen LogP contribution in [0.1, 0.15) is 56.9 Å². The molecular weight excluding hydrogens is 540 g/mol. The largest absolute Gasteiger partial charge is 0.493 e. The summed E-state index contributed by atoms with van der Waals surface area (Å²) in [5.41, 5.74) is 1.50. The van der Waals surface area contributed by atoms with E-state index in [1.54, 1.807) is 24.4 Å². The summed E-state index contributed by atoms with van der Waals surface area (Å²) in [5.74, 6) is -0.503. The summed E-state index contributed by atoms with van der Waals surface area (Å²) in [6.45, 7) is 4.50. The molecule has 1 N–H and O–H groups in total. The van der Waals surface area contributed by atoms with Crippen LogP contribution in [0.15, 0.2) is 36.7 Å². The number of likely N-dealkylation sites (tertiary alicyclic amines) is 2. The number of methoxy groups -OCH3 is 1. The van der Waals surface area contributed by atoms with Gasteiger partial charge in [-0.15, -0.1) is 0 Å². The van der Waals surface area contributed by atoms with Crippen molar-refractivity contribution < 1.29 is 33.7 Å². The van der Waals surface area contributed by atoms with Gasteiger partial charge in [-0.05, 0) is 55.5 Å². The average Bonchev–Trinajstić information content (AvgIpc) is 3.72. The van der Waals surface area contributed by atoms with E-state index < -0.39 is 23.8 Å². The molecule has 4 heterocycles. The SMILES string of the molecule is CCCCN(C(=O)CN1C[C@H](c2cc(OC)c3c(c2)OCO3)[C@@H](C(=O)O)[C@@H]1CCCN1CCCC1=O)c1cccnc1. The van der Waals surface area contributed by atoms with E-state index in [9.17, 15) is 19.5 Å². The third kappa shape index (κ3) is 6.30. The molecule has 42 heavy (non-hydrogen) atoms. The van der Waals surface area contributed by atoms with Gasteiger partial charge in [0.15, 0.2) is 11.5 Å². The number of aliphatic carboxylic acids is 1. The molecule has 2 aromatic rings. The first-order chi connectivity index (χ1) is 20.4. The molecule has 3 atom stereocenters. The van der Waals surface area contributed by atoms with Gasteiger partial charge in [-0.1, -0.05) is 13.3 Å². The Labute approximate surface area is 246 Å². The van der Waals surface area contributed by atoms with Gasteiger partial charge in [-0.3, -0.25) is 24.3 Å². The first-order valence-electron chi connectivity index (χ1n) is 14.8. The molecule has 0 radical (unpaired) electrons. The van der Waals surface area contributed by atoms with E-state index in [1.165, 1.54) is 0 Å². The van der Waals surface area contributed by atoms with Crippen LogP contribution in [0.5, 0.6) is 17.2 Å². The van der Waals surface area contributed by atoms with Crippen LogP contribution in [-0.4, -0.2) is 90.3 Å². The molecule has 0 saturated carbocycles. The zero-order valence-electron chi connectivity index (χ0n) is 24.4. The van der Waals surface area contributed by atoms with Gasteiger partial charge in [0.1, 0.15) is 0 Å². The van der Waals surface area contributed by atoms with Gasteiger partial charge in [0.25, 0.3) is 0 Å². The first kappa shape index (κ1) is 29.6. The number of benzene rings is 1. The fraction of sp³-hybridized carbons (Fsp3) is 0.548. The molecule has 0 unspecified atom stereocenters. The molecule has 1 aromatic carbocycles. The second-order valence-corrected chi connectivity index (χ2v) is 11.2. The van der Waals surface area contributed by atoms with E-state index in [0.29, 0.717) is 56.1 Å². The Kier molecular flexibility index (Phi) is 9.46. The molecule has 0 spiro atoms. The maximum Gasteiger partial charge on any atom is 0.308 e. The van der Waals surface area contributed by atoms with Crippen LogP contribution >= 0.6 is 0 Å². The molecule has 11 heteroatoms. The summed E-state index contributed by atoms with van der Waals surface area (Å²) in [4.78, 5) is 48.8. The monoisotopic (exact) mass is 580 g/mol. The Morgan fingerprint density at radius 1 is 1.24 bits per heavy atom. The summed E-state index contributed by atoms with van der Waals surface area (Å²) in [5, 5.41) is 10.6. The van der Waals surface area contributed by atoms with Crippen LogP contribution < -0.4 is 19.1 Å². The number of fused-ring (bicyclic) bond motifs is 1. The number of carboxylic acid groups (broad SMARTS) is 1. The highest BCUT2D eigenvalue weighted by atomic mass is 16.7. The summed E-state index contributed by atoms with van der Waals surface area (Å²) in [6, 6.07) is 6.94.